The van der Waals surface area contributed by atoms with Gasteiger partial charge in [0.1, 0.15) is 5.54 Å². The summed E-state index contributed by atoms with van der Waals surface area (Å²) in [5, 5.41) is 12.3. The van der Waals surface area contributed by atoms with Gasteiger partial charge in [0.15, 0.2) is 0 Å². The van der Waals surface area contributed by atoms with Crippen molar-refractivity contribution in [3.63, 3.8) is 0 Å². The van der Waals surface area contributed by atoms with E-state index in [1.807, 2.05) is 6.92 Å². The molecule has 1 N–H and O–H groups in total. The molecule has 134 valence electrons. The number of piperazine rings is 1. The maximum Gasteiger partial charge on any atom is 0.235 e. The largest absolute Gasteiger partial charge is 0.337 e. The summed E-state index contributed by atoms with van der Waals surface area (Å²) in [5.74, 6) is 0.302. The number of benzene rings is 1. The molecule has 25 heavy (non-hydrogen) atoms. The number of amides is 1. The van der Waals surface area contributed by atoms with Gasteiger partial charge >= 0.3 is 0 Å². The molecule has 1 aliphatic heterocycles. The van der Waals surface area contributed by atoms with Crippen LogP contribution < -0.4 is 5.32 Å². The summed E-state index contributed by atoms with van der Waals surface area (Å²) < 4.78 is 0. The highest BCUT2D eigenvalue weighted by molar-refractivity contribution is 5.79. The highest BCUT2D eigenvalue weighted by atomic mass is 16.2. The number of hydrogen-bond donors (Lipinski definition) is 1. The van der Waals surface area contributed by atoms with Crippen molar-refractivity contribution in [1.29, 1.82) is 5.26 Å². The summed E-state index contributed by atoms with van der Waals surface area (Å²) in [6.45, 7) is 9.10. The zero-order chi connectivity index (χ0) is 17.9. The normalized spacial score (nSPS) is 21.3. The predicted molar refractivity (Wildman–Crippen MR) is 97.8 cm³/mol. The van der Waals surface area contributed by atoms with Crippen LogP contribution in [0.5, 0.6) is 0 Å². The van der Waals surface area contributed by atoms with Crippen LogP contribution in [0, 0.1) is 24.2 Å². The van der Waals surface area contributed by atoms with E-state index in [9.17, 15) is 10.1 Å². The molecule has 1 amide bonds. The predicted octanol–water partition coefficient (Wildman–Crippen LogP) is 1.92. The monoisotopic (exact) mass is 340 g/mol. The van der Waals surface area contributed by atoms with E-state index in [-0.39, 0.29) is 5.91 Å². The van der Waals surface area contributed by atoms with Crippen LogP contribution in [0.15, 0.2) is 24.3 Å². The molecule has 3 rings (SSSR count). The fourth-order valence-electron chi connectivity index (χ4n) is 3.55. The average Bonchev–Trinajstić information content (AvgIpc) is 3.44. The summed E-state index contributed by atoms with van der Waals surface area (Å²) in [6.07, 6.45) is 2.09. The number of aryl methyl sites for hydroxylation is 1. The van der Waals surface area contributed by atoms with E-state index in [1.54, 1.807) is 0 Å². The summed E-state index contributed by atoms with van der Waals surface area (Å²) >= 11 is 0. The standard InChI is InChI=1S/C20H28N4O/c1-16-5-3-4-6-17(16)13-23-9-11-24(12-10-23)14-19(25)22-20(2,15-21)18-7-8-18/h3-6,18H,7-14H2,1-2H3,(H,22,25)/t20-/m0/s1. The molecule has 0 bridgehead atoms. The zero-order valence-electron chi connectivity index (χ0n) is 15.3. The van der Waals surface area contributed by atoms with E-state index in [1.165, 1.54) is 11.1 Å². The maximum atomic E-state index is 12.3. The van der Waals surface area contributed by atoms with Gasteiger partial charge in [0.25, 0.3) is 0 Å². The topological polar surface area (TPSA) is 59.4 Å². The number of nitriles is 1. The summed E-state index contributed by atoms with van der Waals surface area (Å²) in [6, 6.07) is 10.8. The summed E-state index contributed by atoms with van der Waals surface area (Å²) in [4.78, 5) is 17.0. The van der Waals surface area contributed by atoms with Gasteiger partial charge < -0.3 is 5.32 Å². The van der Waals surface area contributed by atoms with Gasteiger partial charge in [0.2, 0.25) is 5.91 Å². The Hall–Kier alpha value is -1.90. The van der Waals surface area contributed by atoms with Gasteiger partial charge in [-0.05, 0) is 43.7 Å². The second kappa shape index (κ2) is 7.55. The molecule has 0 radical (unpaired) electrons. The molecule has 0 aromatic heterocycles. The van der Waals surface area contributed by atoms with Crippen molar-refractivity contribution in [1.82, 2.24) is 15.1 Å². The Morgan fingerprint density at radius 1 is 1.24 bits per heavy atom. The molecular weight excluding hydrogens is 312 g/mol. The molecule has 1 saturated heterocycles. The lowest BCUT2D eigenvalue weighted by molar-refractivity contribution is -0.124. The maximum absolute atomic E-state index is 12.3. The van der Waals surface area contributed by atoms with Gasteiger partial charge in [0, 0.05) is 32.7 Å². The number of hydrogen-bond acceptors (Lipinski definition) is 4. The SMILES string of the molecule is Cc1ccccc1CN1CCN(CC(=O)N[C@@](C)(C#N)C2CC2)CC1. The summed E-state index contributed by atoms with van der Waals surface area (Å²) in [5.41, 5.74) is 2.02. The molecule has 0 unspecified atom stereocenters. The van der Waals surface area contributed by atoms with Crippen molar-refractivity contribution in [2.24, 2.45) is 5.92 Å². The highest BCUT2D eigenvalue weighted by Crippen LogP contribution is 2.39. The number of carbonyl (C=O) groups excluding carboxylic acids is 1. The van der Waals surface area contributed by atoms with Crippen molar-refractivity contribution < 1.29 is 4.79 Å². The van der Waals surface area contributed by atoms with Crippen LogP contribution in [0.4, 0.5) is 0 Å². The number of rotatable bonds is 6. The lowest BCUT2D eigenvalue weighted by Gasteiger charge is -2.35. The second-order valence-electron chi connectivity index (χ2n) is 7.62. The third kappa shape index (κ3) is 4.59. The number of carbonyl (C=O) groups is 1. The molecule has 2 fully saturated rings. The molecule has 1 aromatic carbocycles. The fraction of sp³-hybridized carbons (Fsp3) is 0.600. The second-order valence-corrected chi connectivity index (χ2v) is 7.62. The van der Waals surface area contributed by atoms with Crippen molar-refractivity contribution >= 4 is 5.91 Å². The van der Waals surface area contributed by atoms with Crippen LogP contribution in [0.1, 0.15) is 30.9 Å². The molecule has 5 heteroatoms. The van der Waals surface area contributed by atoms with Crippen molar-refractivity contribution in [2.45, 2.75) is 38.8 Å². The van der Waals surface area contributed by atoms with Crippen molar-refractivity contribution in [3.8, 4) is 6.07 Å². The first-order chi connectivity index (χ1) is 12.0. The van der Waals surface area contributed by atoms with Crippen LogP contribution in [-0.4, -0.2) is 54.0 Å². The Bertz CT molecular complexity index is 656. The average molecular weight is 340 g/mol. The van der Waals surface area contributed by atoms with Crippen LogP contribution >= 0.6 is 0 Å². The molecular formula is C20H28N4O. The van der Waals surface area contributed by atoms with Gasteiger partial charge in [0.05, 0.1) is 12.6 Å². The van der Waals surface area contributed by atoms with E-state index in [0.717, 1.165) is 45.6 Å². The summed E-state index contributed by atoms with van der Waals surface area (Å²) in [7, 11) is 0. The first kappa shape index (κ1) is 17.9. The number of nitrogens with one attached hydrogen (secondary N) is 1. The van der Waals surface area contributed by atoms with Gasteiger partial charge in [-0.15, -0.1) is 0 Å². The minimum absolute atomic E-state index is 0.0247. The zero-order valence-corrected chi connectivity index (χ0v) is 15.3. The molecule has 1 aromatic rings. The Kier molecular flexibility index (Phi) is 5.41. The molecule has 2 aliphatic rings. The van der Waals surface area contributed by atoms with Gasteiger partial charge in [-0.2, -0.15) is 5.26 Å². The van der Waals surface area contributed by atoms with E-state index >= 15 is 0 Å². The lowest BCUT2D eigenvalue weighted by Crippen LogP contribution is -2.53. The van der Waals surface area contributed by atoms with Crippen LogP contribution in [0.3, 0.4) is 0 Å². The van der Waals surface area contributed by atoms with Crippen molar-refractivity contribution in [2.75, 3.05) is 32.7 Å². The Morgan fingerprint density at radius 2 is 1.88 bits per heavy atom. The Labute approximate surface area is 150 Å². The van der Waals surface area contributed by atoms with E-state index in [4.69, 9.17) is 0 Å². The molecule has 1 atom stereocenters. The van der Waals surface area contributed by atoms with Crippen LogP contribution in [-0.2, 0) is 11.3 Å². The highest BCUT2D eigenvalue weighted by Gasteiger charge is 2.43. The minimum atomic E-state index is -0.691. The third-order valence-corrected chi connectivity index (χ3v) is 5.51. The quantitative estimate of drug-likeness (QED) is 0.859. The first-order valence-corrected chi connectivity index (χ1v) is 9.21. The first-order valence-electron chi connectivity index (χ1n) is 9.21. The van der Waals surface area contributed by atoms with Gasteiger partial charge in [-0.3, -0.25) is 14.6 Å². The molecule has 0 spiro atoms. The third-order valence-electron chi connectivity index (χ3n) is 5.51. The van der Waals surface area contributed by atoms with Gasteiger partial charge in [-0.1, -0.05) is 24.3 Å². The number of nitrogens with zero attached hydrogens (tertiary/aromatic N) is 3. The molecule has 1 heterocycles. The van der Waals surface area contributed by atoms with E-state index < -0.39 is 5.54 Å². The van der Waals surface area contributed by atoms with Crippen LogP contribution in [0.2, 0.25) is 0 Å². The fourth-order valence-corrected chi connectivity index (χ4v) is 3.55. The van der Waals surface area contributed by atoms with E-state index in [2.05, 4.69) is 52.4 Å². The Morgan fingerprint density at radius 3 is 2.48 bits per heavy atom. The van der Waals surface area contributed by atoms with E-state index in [0.29, 0.717) is 12.5 Å². The molecule has 1 saturated carbocycles. The molecule has 5 nitrogen and oxygen atoms in total. The van der Waals surface area contributed by atoms with Gasteiger partial charge in [-0.25, -0.2) is 0 Å². The van der Waals surface area contributed by atoms with Crippen LogP contribution in [0.25, 0.3) is 0 Å². The lowest BCUT2D eigenvalue weighted by atomic mass is 9.98. The van der Waals surface area contributed by atoms with Crippen molar-refractivity contribution in [3.05, 3.63) is 35.4 Å². The Balaban J connectivity index is 1.44. The minimum Gasteiger partial charge on any atom is -0.337 e. The molecule has 1 aliphatic carbocycles. The smallest absolute Gasteiger partial charge is 0.235 e.